The standard InChI is InChI=1S/C15H21NO2.C10H20O.C7H16.CH5N/c1-2-8-16(7-1)9-3-4-13-5-6-14-15(12-13)18-11-10-17-14;1-2-3-4-5-6-7-8-9-10-11;1-3-5-7-6-4-2;1-2/h5-6,12H,1-4,7-11H2;10H,2-9H2,1H3;3-7H2,1-2H3;2H2,1H3. The summed E-state index contributed by atoms with van der Waals surface area (Å²) >= 11 is 0. The summed E-state index contributed by atoms with van der Waals surface area (Å²) in [6.45, 7) is 11.9. The fourth-order valence-electron chi connectivity index (χ4n) is 4.62. The fourth-order valence-corrected chi connectivity index (χ4v) is 4.62. The number of nitrogens with zero attached hydrogens (tertiary/aromatic N) is 1. The van der Waals surface area contributed by atoms with Crippen LogP contribution in [0, 0.1) is 0 Å². The third-order valence-corrected chi connectivity index (χ3v) is 6.88. The summed E-state index contributed by atoms with van der Waals surface area (Å²) in [6.07, 6.45) is 23.0. The first-order valence-electron chi connectivity index (χ1n) is 15.9. The number of likely N-dealkylation sites (tertiary alicyclic amines) is 1. The quantitative estimate of drug-likeness (QED) is 0.170. The van der Waals surface area contributed by atoms with Gasteiger partial charge in [-0.1, -0.05) is 97.5 Å². The Balaban J connectivity index is 0.000000589. The molecule has 0 bridgehead atoms. The predicted octanol–water partition coefficient (Wildman–Crippen LogP) is 8.36. The number of aryl methyl sites for hydroxylation is 1. The van der Waals surface area contributed by atoms with Crippen molar-refractivity contribution in [3.8, 4) is 11.5 Å². The van der Waals surface area contributed by atoms with Crippen molar-refractivity contribution >= 4 is 6.29 Å². The van der Waals surface area contributed by atoms with Gasteiger partial charge in [0.2, 0.25) is 0 Å². The summed E-state index contributed by atoms with van der Waals surface area (Å²) in [7, 11) is 1.50. The van der Waals surface area contributed by atoms with Crippen molar-refractivity contribution in [3.63, 3.8) is 0 Å². The number of nitrogens with two attached hydrogens (primary N) is 1. The fraction of sp³-hybridized carbons (Fsp3) is 0.788. The molecule has 0 radical (unpaired) electrons. The molecule has 1 saturated heterocycles. The second-order valence-corrected chi connectivity index (χ2v) is 10.3. The maximum atomic E-state index is 9.94. The van der Waals surface area contributed by atoms with Crippen LogP contribution in [0.1, 0.15) is 129 Å². The topological polar surface area (TPSA) is 64.8 Å². The second kappa shape index (κ2) is 28.4. The molecule has 2 aliphatic rings. The van der Waals surface area contributed by atoms with Crippen LogP contribution in [0.5, 0.6) is 11.5 Å². The number of ether oxygens (including phenoxy) is 2. The molecule has 0 aliphatic carbocycles. The van der Waals surface area contributed by atoms with Crippen molar-refractivity contribution in [3.05, 3.63) is 23.8 Å². The van der Waals surface area contributed by atoms with E-state index >= 15 is 0 Å². The van der Waals surface area contributed by atoms with Gasteiger partial charge in [-0.3, -0.25) is 0 Å². The second-order valence-electron chi connectivity index (χ2n) is 10.3. The summed E-state index contributed by atoms with van der Waals surface area (Å²) in [5.41, 5.74) is 5.86. The van der Waals surface area contributed by atoms with Crippen LogP contribution in [0.15, 0.2) is 18.2 Å². The number of rotatable bonds is 16. The SMILES string of the molecule is CCCCCCC.CCCCCCCCCC=O.CN.c1cc2c(cc1CCCN1CCCC1)OCCO2. The first-order chi connectivity index (χ1) is 18.7. The van der Waals surface area contributed by atoms with E-state index in [0.29, 0.717) is 13.2 Å². The first kappa shape index (κ1) is 36.4. The molecule has 222 valence electrons. The molecule has 0 atom stereocenters. The Labute approximate surface area is 236 Å². The zero-order valence-corrected chi connectivity index (χ0v) is 25.6. The van der Waals surface area contributed by atoms with Crippen molar-refractivity contribution in [2.75, 3.05) is 39.9 Å². The van der Waals surface area contributed by atoms with E-state index in [1.165, 1.54) is 122 Å². The zero-order valence-electron chi connectivity index (χ0n) is 25.6. The van der Waals surface area contributed by atoms with Gasteiger partial charge in [0.25, 0.3) is 0 Å². The normalized spacial score (nSPS) is 13.8. The number of hydrogen-bond donors (Lipinski definition) is 1. The number of carbonyl (C=O) groups is 1. The van der Waals surface area contributed by atoms with Gasteiger partial charge in [0.15, 0.2) is 11.5 Å². The van der Waals surface area contributed by atoms with Crippen molar-refractivity contribution in [2.24, 2.45) is 5.73 Å². The Bertz CT molecular complexity index is 629. The van der Waals surface area contributed by atoms with Crippen molar-refractivity contribution in [1.29, 1.82) is 0 Å². The Hall–Kier alpha value is -1.59. The third-order valence-electron chi connectivity index (χ3n) is 6.88. The average Bonchev–Trinajstić information content (AvgIpc) is 3.48. The molecule has 0 aromatic heterocycles. The molecule has 0 saturated carbocycles. The van der Waals surface area contributed by atoms with E-state index in [4.69, 9.17) is 9.47 Å². The molecule has 3 rings (SSSR count). The minimum atomic E-state index is 0.668. The van der Waals surface area contributed by atoms with Crippen LogP contribution < -0.4 is 15.2 Å². The first-order valence-corrected chi connectivity index (χ1v) is 15.9. The van der Waals surface area contributed by atoms with Gasteiger partial charge in [0.05, 0.1) is 0 Å². The molecule has 0 unspecified atom stereocenters. The summed E-state index contributed by atoms with van der Waals surface area (Å²) in [5.74, 6) is 1.81. The Morgan fingerprint density at radius 1 is 0.737 bits per heavy atom. The molecule has 1 fully saturated rings. The van der Waals surface area contributed by atoms with Gasteiger partial charge in [0, 0.05) is 6.42 Å². The average molecular weight is 535 g/mol. The number of fused-ring (bicyclic) bond motifs is 1. The minimum absolute atomic E-state index is 0.668. The van der Waals surface area contributed by atoms with Crippen molar-refractivity contribution in [1.82, 2.24) is 4.90 Å². The Kier molecular flexibility index (Phi) is 27.2. The Morgan fingerprint density at radius 3 is 1.84 bits per heavy atom. The van der Waals surface area contributed by atoms with E-state index in [2.05, 4.69) is 43.5 Å². The number of unbranched alkanes of at least 4 members (excludes halogenated alkanes) is 11. The highest BCUT2D eigenvalue weighted by molar-refractivity contribution is 5.48. The predicted molar refractivity (Wildman–Crippen MR) is 165 cm³/mol. The largest absolute Gasteiger partial charge is 0.486 e. The van der Waals surface area contributed by atoms with Crippen LogP contribution in [0.4, 0.5) is 0 Å². The molecule has 0 spiro atoms. The van der Waals surface area contributed by atoms with E-state index in [1.54, 1.807) is 0 Å². The van der Waals surface area contributed by atoms with Gasteiger partial charge in [-0.05, 0) is 76.5 Å². The molecule has 2 aliphatic heterocycles. The summed E-state index contributed by atoms with van der Waals surface area (Å²) in [4.78, 5) is 12.5. The molecular weight excluding hydrogens is 472 g/mol. The lowest BCUT2D eigenvalue weighted by Crippen LogP contribution is -2.20. The van der Waals surface area contributed by atoms with E-state index in [9.17, 15) is 4.79 Å². The smallest absolute Gasteiger partial charge is 0.161 e. The number of benzene rings is 1. The number of hydrogen-bond acceptors (Lipinski definition) is 5. The van der Waals surface area contributed by atoms with Gasteiger partial charge < -0.3 is 24.9 Å². The van der Waals surface area contributed by atoms with Crippen LogP contribution >= 0.6 is 0 Å². The number of aldehydes is 1. The van der Waals surface area contributed by atoms with E-state index in [0.717, 1.165) is 37.0 Å². The van der Waals surface area contributed by atoms with Gasteiger partial charge in [-0.25, -0.2) is 0 Å². The lowest BCUT2D eigenvalue weighted by Gasteiger charge is -2.19. The number of carbonyl (C=O) groups excluding carboxylic acids is 1. The minimum Gasteiger partial charge on any atom is -0.486 e. The highest BCUT2D eigenvalue weighted by Gasteiger charge is 2.13. The Morgan fingerprint density at radius 2 is 1.26 bits per heavy atom. The highest BCUT2D eigenvalue weighted by Crippen LogP contribution is 2.31. The summed E-state index contributed by atoms with van der Waals surface area (Å²) < 4.78 is 11.1. The molecule has 5 nitrogen and oxygen atoms in total. The van der Waals surface area contributed by atoms with Crippen molar-refractivity contribution in [2.45, 2.75) is 130 Å². The van der Waals surface area contributed by atoms with Crippen molar-refractivity contribution < 1.29 is 14.3 Å². The van der Waals surface area contributed by atoms with Gasteiger partial charge >= 0.3 is 0 Å². The molecule has 5 heteroatoms. The summed E-state index contributed by atoms with van der Waals surface area (Å²) in [5, 5.41) is 0. The lowest BCUT2D eigenvalue weighted by atomic mass is 10.1. The van der Waals surface area contributed by atoms with Crippen LogP contribution in [-0.4, -0.2) is 51.1 Å². The van der Waals surface area contributed by atoms with E-state index < -0.39 is 0 Å². The zero-order chi connectivity index (χ0) is 28.1. The van der Waals surface area contributed by atoms with Gasteiger partial charge in [-0.2, -0.15) is 0 Å². The third kappa shape index (κ3) is 20.4. The van der Waals surface area contributed by atoms with Crippen LogP contribution in [-0.2, 0) is 11.2 Å². The van der Waals surface area contributed by atoms with Gasteiger partial charge in [-0.15, -0.1) is 0 Å². The molecule has 2 N–H and O–H groups in total. The molecule has 2 heterocycles. The van der Waals surface area contributed by atoms with Crippen LogP contribution in [0.3, 0.4) is 0 Å². The highest BCUT2D eigenvalue weighted by atomic mass is 16.6. The maximum Gasteiger partial charge on any atom is 0.161 e. The maximum absolute atomic E-state index is 9.94. The van der Waals surface area contributed by atoms with Crippen LogP contribution in [0.25, 0.3) is 0 Å². The van der Waals surface area contributed by atoms with E-state index in [1.807, 2.05) is 6.07 Å². The molecule has 1 aromatic rings. The molecule has 38 heavy (non-hydrogen) atoms. The van der Waals surface area contributed by atoms with Gasteiger partial charge in [0.1, 0.15) is 19.5 Å². The lowest BCUT2D eigenvalue weighted by molar-refractivity contribution is -0.107. The summed E-state index contributed by atoms with van der Waals surface area (Å²) in [6, 6.07) is 6.34. The van der Waals surface area contributed by atoms with E-state index in [-0.39, 0.29) is 0 Å². The van der Waals surface area contributed by atoms with Crippen LogP contribution in [0.2, 0.25) is 0 Å². The monoisotopic (exact) mass is 534 g/mol. The molecular formula is C33H62N2O3. The molecule has 0 amide bonds. The molecule has 1 aromatic carbocycles.